The monoisotopic (exact) mass is 390 g/mol. The Morgan fingerprint density at radius 3 is 2.50 bits per heavy atom. The third-order valence-electron chi connectivity index (χ3n) is 9.10. The second kappa shape index (κ2) is 6.40. The number of rotatable bonds is 2. The Hall–Kier alpha value is -1.20. The number of hydrogen-bond acceptors (Lipinski definition) is 5. The molecule has 2 N–H and O–H groups in total. The van der Waals surface area contributed by atoms with E-state index >= 15 is 0 Å². The predicted molar refractivity (Wildman–Crippen MR) is 104 cm³/mol. The van der Waals surface area contributed by atoms with Crippen LogP contribution in [0.15, 0.2) is 11.6 Å². The standard InChI is InChI=1S/C23H34O5/c1-13(24)19-12-20(26)23(27)18-6-5-15-11-16(28-14(2)25)7-9-21(15,3)17(18)8-10-22(19,23)4/h5,16-20,26-27H,6-12H2,1-4H3/t16-,17+,18-,19+,20-,21-,22+,23+/m0/s1. The Kier molecular flexibility index (Phi) is 4.59. The number of allylic oxidation sites excluding steroid dienone is 1. The molecule has 0 amide bonds. The molecule has 28 heavy (non-hydrogen) atoms. The first-order chi connectivity index (χ1) is 13.0. The molecule has 3 fully saturated rings. The van der Waals surface area contributed by atoms with Gasteiger partial charge in [-0.15, -0.1) is 0 Å². The highest BCUT2D eigenvalue weighted by Crippen LogP contribution is 2.68. The molecule has 4 rings (SSSR count). The average Bonchev–Trinajstić information content (AvgIpc) is 2.83. The van der Waals surface area contributed by atoms with Crippen molar-refractivity contribution < 1.29 is 24.5 Å². The third kappa shape index (κ3) is 2.51. The fraction of sp³-hybridized carbons (Fsp3) is 0.826. The van der Waals surface area contributed by atoms with Crippen LogP contribution in [0.5, 0.6) is 0 Å². The molecule has 0 aromatic heterocycles. The van der Waals surface area contributed by atoms with Crippen molar-refractivity contribution in [2.45, 2.75) is 90.4 Å². The van der Waals surface area contributed by atoms with E-state index in [1.54, 1.807) is 6.92 Å². The van der Waals surface area contributed by atoms with E-state index in [0.717, 1.165) is 38.5 Å². The smallest absolute Gasteiger partial charge is 0.302 e. The number of carbonyl (C=O) groups is 2. The first-order valence-electron chi connectivity index (χ1n) is 10.8. The van der Waals surface area contributed by atoms with Crippen LogP contribution in [0.3, 0.4) is 0 Å². The van der Waals surface area contributed by atoms with E-state index in [1.165, 1.54) is 12.5 Å². The molecular weight excluding hydrogens is 356 g/mol. The fourth-order valence-corrected chi connectivity index (χ4v) is 7.60. The van der Waals surface area contributed by atoms with Crippen LogP contribution in [0.25, 0.3) is 0 Å². The normalized spacial score (nSPS) is 50.1. The number of carbonyl (C=O) groups excluding carboxylic acids is 2. The Morgan fingerprint density at radius 1 is 1.14 bits per heavy atom. The van der Waals surface area contributed by atoms with Crippen molar-refractivity contribution in [2.75, 3.05) is 0 Å². The van der Waals surface area contributed by atoms with Crippen LogP contribution in [0.4, 0.5) is 0 Å². The van der Waals surface area contributed by atoms with Gasteiger partial charge in [-0.05, 0) is 62.7 Å². The van der Waals surface area contributed by atoms with Gasteiger partial charge in [0.15, 0.2) is 0 Å². The van der Waals surface area contributed by atoms with E-state index in [-0.39, 0.29) is 41.0 Å². The van der Waals surface area contributed by atoms with E-state index in [4.69, 9.17) is 4.74 Å². The molecule has 5 heteroatoms. The van der Waals surface area contributed by atoms with E-state index < -0.39 is 17.1 Å². The number of ketones is 1. The van der Waals surface area contributed by atoms with Crippen molar-refractivity contribution in [1.82, 2.24) is 0 Å². The van der Waals surface area contributed by atoms with E-state index in [1.807, 2.05) is 6.92 Å². The van der Waals surface area contributed by atoms with Crippen molar-refractivity contribution in [3.8, 4) is 0 Å². The van der Waals surface area contributed by atoms with Gasteiger partial charge in [-0.3, -0.25) is 9.59 Å². The maximum Gasteiger partial charge on any atom is 0.302 e. The van der Waals surface area contributed by atoms with Crippen molar-refractivity contribution in [2.24, 2.45) is 28.6 Å². The number of fused-ring (bicyclic) bond motifs is 5. The van der Waals surface area contributed by atoms with Gasteiger partial charge in [0.1, 0.15) is 11.9 Å². The Balaban J connectivity index is 1.68. The van der Waals surface area contributed by atoms with Gasteiger partial charge in [-0.25, -0.2) is 0 Å². The number of hydrogen-bond donors (Lipinski definition) is 2. The van der Waals surface area contributed by atoms with Gasteiger partial charge in [0.05, 0.1) is 11.7 Å². The summed E-state index contributed by atoms with van der Waals surface area (Å²) in [5.41, 5.74) is -0.473. The summed E-state index contributed by atoms with van der Waals surface area (Å²) in [5, 5.41) is 22.9. The van der Waals surface area contributed by atoms with Crippen LogP contribution in [0.1, 0.15) is 72.6 Å². The van der Waals surface area contributed by atoms with Crippen LogP contribution < -0.4 is 0 Å². The molecule has 0 bridgehead atoms. The van der Waals surface area contributed by atoms with Crippen LogP contribution in [-0.4, -0.2) is 39.8 Å². The molecule has 0 saturated heterocycles. The molecule has 0 aromatic carbocycles. The quantitative estimate of drug-likeness (QED) is 0.559. The number of aliphatic hydroxyl groups excluding tert-OH is 1. The molecule has 0 aromatic rings. The number of Topliss-reactive ketones (excluding diaryl/α,β-unsaturated/α-hetero) is 1. The fourth-order valence-electron chi connectivity index (χ4n) is 7.60. The number of ether oxygens (including phenoxy) is 1. The highest BCUT2D eigenvalue weighted by atomic mass is 16.5. The lowest BCUT2D eigenvalue weighted by molar-refractivity contribution is -0.213. The molecule has 0 aliphatic heterocycles. The molecule has 0 spiro atoms. The summed E-state index contributed by atoms with van der Waals surface area (Å²) in [6, 6.07) is 0. The van der Waals surface area contributed by atoms with Gasteiger partial charge >= 0.3 is 5.97 Å². The lowest BCUT2D eigenvalue weighted by atomic mass is 9.45. The Labute approximate surface area is 167 Å². The highest BCUT2D eigenvalue weighted by molar-refractivity contribution is 5.80. The molecule has 0 radical (unpaired) electrons. The maximum atomic E-state index is 12.3. The van der Waals surface area contributed by atoms with Crippen LogP contribution in [0, 0.1) is 28.6 Å². The molecular formula is C23H34O5. The van der Waals surface area contributed by atoms with Gasteiger partial charge in [0.25, 0.3) is 0 Å². The average molecular weight is 391 g/mol. The second-order valence-corrected chi connectivity index (χ2v) is 10.3. The van der Waals surface area contributed by atoms with Crippen molar-refractivity contribution in [1.29, 1.82) is 0 Å². The van der Waals surface area contributed by atoms with Crippen molar-refractivity contribution in [3.63, 3.8) is 0 Å². The SMILES string of the molecule is CC(=O)O[C@H]1CC[C@@]2(C)C(=CC[C@H]3[C@H]2CC[C@]2(C)[C@@H](C(C)=O)C[C@H](O)[C@]32O)C1. The van der Waals surface area contributed by atoms with Gasteiger partial charge in [-0.1, -0.05) is 25.5 Å². The molecule has 0 unspecified atom stereocenters. The summed E-state index contributed by atoms with van der Waals surface area (Å²) in [6.45, 7) is 7.36. The van der Waals surface area contributed by atoms with E-state index in [2.05, 4.69) is 13.0 Å². The summed E-state index contributed by atoms with van der Waals surface area (Å²) in [6.07, 6.45) is 6.68. The zero-order chi connectivity index (χ0) is 20.5. The van der Waals surface area contributed by atoms with Crippen LogP contribution in [-0.2, 0) is 14.3 Å². The molecule has 4 aliphatic carbocycles. The Morgan fingerprint density at radius 2 is 1.86 bits per heavy atom. The summed E-state index contributed by atoms with van der Waals surface area (Å²) in [4.78, 5) is 23.7. The van der Waals surface area contributed by atoms with E-state index in [9.17, 15) is 19.8 Å². The number of aliphatic hydroxyl groups is 2. The third-order valence-corrected chi connectivity index (χ3v) is 9.10. The first kappa shape index (κ1) is 20.1. The summed E-state index contributed by atoms with van der Waals surface area (Å²) in [7, 11) is 0. The summed E-state index contributed by atoms with van der Waals surface area (Å²) < 4.78 is 5.48. The highest BCUT2D eigenvalue weighted by Gasteiger charge is 2.70. The molecule has 8 atom stereocenters. The van der Waals surface area contributed by atoms with Gasteiger partial charge in [0, 0.05) is 24.7 Å². The zero-order valence-corrected chi connectivity index (χ0v) is 17.5. The zero-order valence-electron chi connectivity index (χ0n) is 17.5. The minimum absolute atomic E-state index is 0.0370. The van der Waals surface area contributed by atoms with Crippen LogP contribution in [0.2, 0.25) is 0 Å². The summed E-state index contributed by atoms with van der Waals surface area (Å²) in [5.74, 6) is -0.175. The van der Waals surface area contributed by atoms with Gasteiger partial charge in [-0.2, -0.15) is 0 Å². The first-order valence-corrected chi connectivity index (χ1v) is 10.8. The Bertz CT molecular complexity index is 729. The minimum Gasteiger partial charge on any atom is -0.462 e. The molecule has 5 nitrogen and oxygen atoms in total. The lowest BCUT2D eigenvalue weighted by Gasteiger charge is -2.61. The van der Waals surface area contributed by atoms with Crippen LogP contribution >= 0.6 is 0 Å². The summed E-state index contributed by atoms with van der Waals surface area (Å²) >= 11 is 0. The molecule has 156 valence electrons. The predicted octanol–water partition coefficient (Wildman–Crippen LogP) is 3.17. The second-order valence-electron chi connectivity index (χ2n) is 10.3. The van der Waals surface area contributed by atoms with Gasteiger partial charge < -0.3 is 14.9 Å². The lowest BCUT2D eigenvalue weighted by Crippen LogP contribution is -2.64. The number of esters is 1. The molecule has 4 aliphatic rings. The topological polar surface area (TPSA) is 83.8 Å². The maximum absolute atomic E-state index is 12.3. The molecule has 3 saturated carbocycles. The molecule has 0 heterocycles. The van der Waals surface area contributed by atoms with Crippen molar-refractivity contribution in [3.05, 3.63) is 11.6 Å². The largest absolute Gasteiger partial charge is 0.462 e. The van der Waals surface area contributed by atoms with Crippen molar-refractivity contribution >= 4 is 11.8 Å². The minimum atomic E-state index is -1.22. The van der Waals surface area contributed by atoms with E-state index in [0.29, 0.717) is 6.42 Å². The van der Waals surface area contributed by atoms with Gasteiger partial charge in [0.2, 0.25) is 0 Å².